The van der Waals surface area contributed by atoms with Gasteiger partial charge in [-0.2, -0.15) is 0 Å². The molecule has 26 heavy (non-hydrogen) atoms. The van der Waals surface area contributed by atoms with Crippen LogP contribution in [0.4, 0.5) is 13.6 Å². The first-order valence-corrected chi connectivity index (χ1v) is 8.71. The van der Waals surface area contributed by atoms with Gasteiger partial charge in [0.15, 0.2) is 0 Å². The van der Waals surface area contributed by atoms with Crippen LogP contribution >= 0.6 is 0 Å². The Morgan fingerprint density at radius 2 is 1.96 bits per heavy atom. The van der Waals surface area contributed by atoms with E-state index < -0.39 is 41.7 Å². The van der Waals surface area contributed by atoms with Gasteiger partial charge in [-0.25, -0.2) is 13.6 Å². The monoisotopic (exact) mass is 365 g/mol. The maximum absolute atomic E-state index is 13.8. The zero-order valence-electron chi connectivity index (χ0n) is 14.5. The molecule has 0 radical (unpaired) electrons. The lowest BCUT2D eigenvalue weighted by Crippen LogP contribution is -2.49. The van der Waals surface area contributed by atoms with Crippen molar-refractivity contribution in [2.45, 2.75) is 50.6 Å². The Morgan fingerprint density at radius 3 is 2.62 bits per heavy atom. The van der Waals surface area contributed by atoms with Gasteiger partial charge in [0.05, 0.1) is 6.04 Å². The van der Waals surface area contributed by atoms with E-state index in [9.17, 15) is 23.2 Å². The molecule has 0 bridgehead atoms. The van der Waals surface area contributed by atoms with E-state index in [4.69, 9.17) is 0 Å². The van der Waals surface area contributed by atoms with E-state index in [1.807, 2.05) is 0 Å². The van der Waals surface area contributed by atoms with Gasteiger partial charge >= 0.3 is 6.03 Å². The number of amides is 4. The molecule has 140 valence electrons. The highest BCUT2D eigenvalue weighted by atomic mass is 19.1. The van der Waals surface area contributed by atoms with Crippen LogP contribution in [0.5, 0.6) is 0 Å². The lowest BCUT2D eigenvalue weighted by molar-refractivity contribution is -0.136. The topological polar surface area (TPSA) is 78.5 Å². The Labute approximate surface area is 149 Å². The second kappa shape index (κ2) is 7.01. The molecule has 1 spiro atoms. The number of imide groups is 1. The molecule has 2 aliphatic rings. The number of hydrogen-bond donors (Lipinski definition) is 2. The molecule has 1 aromatic rings. The van der Waals surface area contributed by atoms with Crippen LogP contribution in [0.25, 0.3) is 0 Å². The van der Waals surface area contributed by atoms with Crippen molar-refractivity contribution in [2.75, 3.05) is 6.54 Å². The SMILES string of the molecule is CC(NC(=O)CN1C(=O)NC2(CCCCC2)C1=O)c1ccc(F)cc1F. The summed E-state index contributed by atoms with van der Waals surface area (Å²) < 4.78 is 26.8. The average Bonchev–Trinajstić information content (AvgIpc) is 2.79. The summed E-state index contributed by atoms with van der Waals surface area (Å²) in [4.78, 5) is 37.9. The summed E-state index contributed by atoms with van der Waals surface area (Å²) in [6, 6.07) is 1.79. The molecule has 2 fully saturated rings. The molecule has 3 rings (SSSR count). The molecule has 1 atom stereocenters. The van der Waals surface area contributed by atoms with Crippen molar-refractivity contribution in [2.24, 2.45) is 0 Å². The molecule has 2 N–H and O–H groups in total. The predicted molar refractivity (Wildman–Crippen MR) is 89.0 cm³/mol. The van der Waals surface area contributed by atoms with Gasteiger partial charge in [-0.3, -0.25) is 14.5 Å². The van der Waals surface area contributed by atoms with Crippen LogP contribution in [-0.2, 0) is 9.59 Å². The third kappa shape index (κ3) is 3.40. The van der Waals surface area contributed by atoms with Crippen molar-refractivity contribution >= 4 is 17.8 Å². The van der Waals surface area contributed by atoms with Crippen molar-refractivity contribution in [1.29, 1.82) is 0 Å². The molecule has 1 saturated heterocycles. The van der Waals surface area contributed by atoms with Crippen LogP contribution in [0.1, 0.15) is 50.6 Å². The van der Waals surface area contributed by atoms with Crippen molar-refractivity contribution in [3.63, 3.8) is 0 Å². The molecule has 8 heteroatoms. The van der Waals surface area contributed by atoms with E-state index in [1.165, 1.54) is 6.07 Å². The van der Waals surface area contributed by atoms with Crippen molar-refractivity contribution in [1.82, 2.24) is 15.5 Å². The number of carbonyl (C=O) groups is 3. The molecular weight excluding hydrogens is 344 g/mol. The number of carbonyl (C=O) groups excluding carboxylic acids is 3. The van der Waals surface area contributed by atoms with E-state index in [2.05, 4.69) is 10.6 Å². The maximum atomic E-state index is 13.8. The third-order valence-corrected chi connectivity index (χ3v) is 5.06. The van der Waals surface area contributed by atoms with Crippen LogP contribution in [0, 0.1) is 11.6 Å². The van der Waals surface area contributed by atoms with Crippen LogP contribution in [0.3, 0.4) is 0 Å². The summed E-state index contributed by atoms with van der Waals surface area (Å²) in [5.74, 6) is -2.44. The molecule has 1 aliphatic heterocycles. The fourth-order valence-electron chi connectivity index (χ4n) is 3.68. The Bertz CT molecular complexity index is 747. The number of halogens is 2. The van der Waals surface area contributed by atoms with E-state index in [0.29, 0.717) is 12.8 Å². The van der Waals surface area contributed by atoms with Gasteiger partial charge in [-0.05, 0) is 25.8 Å². The molecular formula is C18H21F2N3O3. The van der Waals surface area contributed by atoms with Gasteiger partial charge in [0, 0.05) is 11.6 Å². The van der Waals surface area contributed by atoms with E-state index in [-0.39, 0.29) is 11.5 Å². The molecule has 1 heterocycles. The highest BCUT2D eigenvalue weighted by Gasteiger charge is 2.51. The predicted octanol–water partition coefficient (Wildman–Crippen LogP) is 2.40. The number of rotatable bonds is 4. The van der Waals surface area contributed by atoms with Crippen LogP contribution in [0.2, 0.25) is 0 Å². The summed E-state index contributed by atoms with van der Waals surface area (Å²) in [7, 11) is 0. The number of nitrogens with one attached hydrogen (secondary N) is 2. The molecule has 1 aliphatic carbocycles. The van der Waals surface area contributed by atoms with E-state index in [0.717, 1.165) is 36.3 Å². The first-order chi connectivity index (χ1) is 12.3. The summed E-state index contributed by atoms with van der Waals surface area (Å²) in [5.41, 5.74) is -0.759. The molecule has 1 unspecified atom stereocenters. The maximum Gasteiger partial charge on any atom is 0.325 e. The lowest BCUT2D eigenvalue weighted by atomic mass is 9.82. The lowest BCUT2D eigenvalue weighted by Gasteiger charge is -2.30. The van der Waals surface area contributed by atoms with E-state index >= 15 is 0 Å². The fraction of sp³-hybridized carbons (Fsp3) is 0.500. The van der Waals surface area contributed by atoms with Gasteiger partial charge in [0.25, 0.3) is 5.91 Å². The first kappa shape index (κ1) is 18.3. The summed E-state index contributed by atoms with van der Waals surface area (Å²) >= 11 is 0. The molecule has 6 nitrogen and oxygen atoms in total. The second-order valence-electron chi connectivity index (χ2n) is 6.92. The largest absolute Gasteiger partial charge is 0.348 e. The summed E-state index contributed by atoms with van der Waals surface area (Å²) in [5, 5.41) is 5.27. The number of benzene rings is 1. The number of nitrogens with zero attached hydrogens (tertiary/aromatic N) is 1. The Kier molecular flexibility index (Phi) is 4.93. The zero-order chi connectivity index (χ0) is 18.9. The van der Waals surface area contributed by atoms with Crippen molar-refractivity contribution < 1.29 is 23.2 Å². The van der Waals surface area contributed by atoms with Gasteiger partial charge in [0.1, 0.15) is 23.7 Å². The Hall–Kier alpha value is -2.51. The van der Waals surface area contributed by atoms with Crippen molar-refractivity contribution in [3.8, 4) is 0 Å². The van der Waals surface area contributed by atoms with Gasteiger partial charge in [-0.15, -0.1) is 0 Å². The van der Waals surface area contributed by atoms with Gasteiger partial charge < -0.3 is 10.6 Å². The second-order valence-corrected chi connectivity index (χ2v) is 6.92. The highest BCUT2D eigenvalue weighted by Crippen LogP contribution is 2.33. The van der Waals surface area contributed by atoms with Crippen molar-refractivity contribution in [3.05, 3.63) is 35.4 Å². The number of hydrogen-bond acceptors (Lipinski definition) is 3. The minimum Gasteiger partial charge on any atom is -0.348 e. The molecule has 1 saturated carbocycles. The average molecular weight is 365 g/mol. The molecule has 0 aromatic heterocycles. The van der Waals surface area contributed by atoms with Crippen LogP contribution < -0.4 is 10.6 Å². The quantitative estimate of drug-likeness (QED) is 0.805. The molecule has 1 aromatic carbocycles. The molecule has 4 amide bonds. The zero-order valence-corrected chi connectivity index (χ0v) is 14.5. The first-order valence-electron chi connectivity index (χ1n) is 8.71. The summed E-state index contributed by atoms with van der Waals surface area (Å²) in [6.45, 7) is 1.11. The van der Waals surface area contributed by atoms with Gasteiger partial charge in [0.2, 0.25) is 5.91 Å². The number of urea groups is 1. The highest BCUT2D eigenvalue weighted by molar-refractivity contribution is 6.09. The van der Waals surface area contributed by atoms with Crippen LogP contribution in [0.15, 0.2) is 18.2 Å². The van der Waals surface area contributed by atoms with Gasteiger partial charge in [-0.1, -0.05) is 25.3 Å². The minimum absolute atomic E-state index is 0.126. The van der Waals surface area contributed by atoms with E-state index in [1.54, 1.807) is 6.92 Å². The van der Waals surface area contributed by atoms with Crippen LogP contribution in [-0.4, -0.2) is 34.8 Å². The Balaban J connectivity index is 1.64. The third-order valence-electron chi connectivity index (χ3n) is 5.06. The minimum atomic E-state index is -0.885. The normalized spacial score (nSPS) is 20.2. The smallest absolute Gasteiger partial charge is 0.325 e. The standard InChI is InChI=1S/C18H21F2N3O3/c1-11(13-6-5-12(19)9-14(13)20)21-15(24)10-23-16(25)18(22-17(23)26)7-3-2-4-8-18/h5-6,9,11H,2-4,7-8,10H2,1H3,(H,21,24)(H,22,26). The Morgan fingerprint density at radius 1 is 1.27 bits per heavy atom. The fourth-order valence-corrected chi connectivity index (χ4v) is 3.68. The summed E-state index contributed by atoms with van der Waals surface area (Å²) in [6.07, 6.45) is 3.88.